The van der Waals surface area contributed by atoms with E-state index in [9.17, 15) is 13.2 Å². The van der Waals surface area contributed by atoms with E-state index in [0.29, 0.717) is 18.9 Å². The molecule has 1 aliphatic carbocycles. The predicted molar refractivity (Wildman–Crippen MR) is 42.2 cm³/mol. The second kappa shape index (κ2) is 3.84. The third kappa shape index (κ3) is 3.95. The SMILES string of the molecule is CC(C)NC1CC(OC(F)(F)F)C1. The second-order valence-corrected chi connectivity index (χ2v) is 3.68. The normalized spacial score (nSPS) is 29.1. The molecule has 5 heteroatoms. The van der Waals surface area contributed by atoms with Gasteiger partial charge < -0.3 is 5.32 Å². The lowest BCUT2D eigenvalue weighted by Gasteiger charge is -2.37. The lowest BCUT2D eigenvalue weighted by molar-refractivity contribution is -0.352. The van der Waals surface area contributed by atoms with Gasteiger partial charge in [-0.1, -0.05) is 13.8 Å². The van der Waals surface area contributed by atoms with Gasteiger partial charge in [-0.2, -0.15) is 0 Å². The molecule has 1 saturated carbocycles. The summed E-state index contributed by atoms with van der Waals surface area (Å²) in [6, 6.07) is 0.504. The van der Waals surface area contributed by atoms with Gasteiger partial charge in [-0.05, 0) is 12.8 Å². The van der Waals surface area contributed by atoms with Crippen LogP contribution in [0.15, 0.2) is 0 Å². The molecule has 0 bridgehead atoms. The third-order valence-electron chi connectivity index (χ3n) is 1.96. The van der Waals surface area contributed by atoms with E-state index in [1.807, 2.05) is 13.8 Å². The van der Waals surface area contributed by atoms with Crippen LogP contribution in [-0.2, 0) is 4.74 Å². The molecule has 1 N–H and O–H groups in total. The first-order valence-electron chi connectivity index (χ1n) is 4.37. The topological polar surface area (TPSA) is 21.3 Å². The maximum Gasteiger partial charge on any atom is 0.522 e. The Morgan fingerprint density at radius 3 is 2.23 bits per heavy atom. The molecule has 0 aromatic rings. The molecule has 0 unspecified atom stereocenters. The second-order valence-electron chi connectivity index (χ2n) is 3.68. The highest BCUT2D eigenvalue weighted by molar-refractivity contribution is 4.87. The summed E-state index contributed by atoms with van der Waals surface area (Å²) in [7, 11) is 0. The number of ether oxygens (including phenoxy) is 1. The lowest BCUT2D eigenvalue weighted by Crippen LogP contribution is -2.49. The molecule has 0 atom stereocenters. The minimum Gasteiger partial charge on any atom is -0.312 e. The maximum absolute atomic E-state index is 11.7. The number of halogens is 3. The summed E-state index contributed by atoms with van der Waals surface area (Å²) in [6.07, 6.45) is -4.21. The number of hydrogen-bond donors (Lipinski definition) is 1. The molecule has 0 heterocycles. The van der Waals surface area contributed by atoms with Crippen LogP contribution in [0.4, 0.5) is 13.2 Å². The van der Waals surface area contributed by atoms with E-state index < -0.39 is 12.5 Å². The van der Waals surface area contributed by atoms with Crippen molar-refractivity contribution in [3.05, 3.63) is 0 Å². The molecule has 1 rings (SSSR count). The minimum absolute atomic E-state index is 0.187. The highest BCUT2D eigenvalue weighted by Crippen LogP contribution is 2.30. The van der Waals surface area contributed by atoms with Gasteiger partial charge in [0.1, 0.15) is 0 Å². The Morgan fingerprint density at radius 1 is 1.31 bits per heavy atom. The van der Waals surface area contributed by atoms with Crippen molar-refractivity contribution >= 4 is 0 Å². The summed E-state index contributed by atoms with van der Waals surface area (Å²) in [5, 5.41) is 3.15. The van der Waals surface area contributed by atoms with Crippen molar-refractivity contribution in [2.45, 2.75) is 51.2 Å². The molecule has 0 spiro atoms. The molecule has 2 nitrogen and oxygen atoms in total. The van der Waals surface area contributed by atoms with Gasteiger partial charge in [0.25, 0.3) is 0 Å². The first-order chi connectivity index (χ1) is 5.87. The van der Waals surface area contributed by atoms with E-state index in [1.165, 1.54) is 0 Å². The monoisotopic (exact) mass is 197 g/mol. The van der Waals surface area contributed by atoms with E-state index in [1.54, 1.807) is 0 Å². The summed E-state index contributed by atoms with van der Waals surface area (Å²) in [4.78, 5) is 0. The van der Waals surface area contributed by atoms with Crippen molar-refractivity contribution in [1.29, 1.82) is 0 Å². The fourth-order valence-corrected chi connectivity index (χ4v) is 1.46. The fourth-order valence-electron chi connectivity index (χ4n) is 1.46. The zero-order valence-corrected chi connectivity index (χ0v) is 7.69. The summed E-state index contributed by atoms with van der Waals surface area (Å²) >= 11 is 0. The van der Waals surface area contributed by atoms with Crippen molar-refractivity contribution in [2.75, 3.05) is 0 Å². The Balaban J connectivity index is 2.12. The van der Waals surface area contributed by atoms with Gasteiger partial charge in [0.05, 0.1) is 6.10 Å². The van der Waals surface area contributed by atoms with Crippen molar-refractivity contribution < 1.29 is 17.9 Å². The molecule has 0 aromatic heterocycles. The molecule has 13 heavy (non-hydrogen) atoms. The van der Waals surface area contributed by atoms with Crippen LogP contribution in [0.2, 0.25) is 0 Å². The van der Waals surface area contributed by atoms with E-state index >= 15 is 0 Å². The summed E-state index contributed by atoms with van der Waals surface area (Å²) < 4.78 is 38.9. The fraction of sp³-hybridized carbons (Fsp3) is 1.00. The number of rotatable bonds is 3. The quantitative estimate of drug-likeness (QED) is 0.747. The first kappa shape index (κ1) is 10.8. The van der Waals surface area contributed by atoms with Crippen LogP contribution in [0.3, 0.4) is 0 Å². The Morgan fingerprint density at radius 2 is 1.85 bits per heavy atom. The standard InChI is InChI=1S/C8H14F3NO/c1-5(2)12-6-3-7(4-6)13-8(9,10)11/h5-7,12H,3-4H2,1-2H3. The Bertz CT molecular complexity index is 163. The van der Waals surface area contributed by atoms with E-state index in [0.717, 1.165) is 0 Å². The van der Waals surface area contributed by atoms with Gasteiger partial charge in [-0.25, -0.2) is 0 Å². The smallest absolute Gasteiger partial charge is 0.312 e. The van der Waals surface area contributed by atoms with Crippen molar-refractivity contribution in [3.63, 3.8) is 0 Å². The molecule has 0 aliphatic heterocycles. The van der Waals surface area contributed by atoms with Gasteiger partial charge in [0.2, 0.25) is 0 Å². The van der Waals surface area contributed by atoms with Crippen LogP contribution >= 0.6 is 0 Å². The molecule has 0 saturated heterocycles. The zero-order chi connectivity index (χ0) is 10.1. The Hall–Kier alpha value is -0.290. The van der Waals surface area contributed by atoms with Crippen molar-refractivity contribution in [1.82, 2.24) is 5.32 Å². The average molecular weight is 197 g/mol. The number of nitrogens with one attached hydrogen (secondary N) is 1. The molecule has 78 valence electrons. The Labute approximate surface area is 75.4 Å². The van der Waals surface area contributed by atoms with Gasteiger partial charge in [-0.15, -0.1) is 13.2 Å². The molecular weight excluding hydrogens is 183 g/mol. The summed E-state index contributed by atoms with van der Waals surface area (Å²) in [5.41, 5.74) is 0. The lowest BCUT2D eigenvalue weighted by atomic mass is 9.89. The number of alkyl halides is 3. The van der Waals surface area contributed by atoms with Crippen molar-refractivity contribution in [3.8, 4) is 0 Å². The molecule has 0 radical (unpaired) electrons. The third-order valence-corrected chi connectivity index (χ3v) is 1.96. The molecular formula is C8H14F3NO. The Kier molecular flexibility index (Phi) is 3.18. The predicted octanol–water partition coefficient (Wildman–Crippen LogP) is 2.05. The highest BCUT2D eigenvalue weighted by atomic mass is 19.4. The van der Waals surface area contributed by atoms with Gasteiger partial charge in [0.15, 0.2) is 0 Å². The summed E-state index contributed by atoms with van der Waals surface area (Å²) in [6.45, 7) is 3.94. The van der Waals surface area contributed by atoms with Gasteiger partial charge >= 0.3 is 6.36 Å². The highest BCUT2D eigenvalue weighted by Gasteiger charge is 2.39. The molecule has 1 fully saturated rings. The van der Waals surface area contributed by atoms with E-state index in [2.05, 4.69) is 10.1 Å². The van der Waals surface area contributed by atoms with Crippen molar-refractivity contribution in [2.24, 2.45) is 0 Å². The zero-order valence-electron chi connectivity index (χ0n) is 7.69. The molecule has 0 amide bonds. The van der Waals surface area contributed by atoms with E-state index in [-0.39, 0.29) is 6.04 Å². The first-order valence-corrected chi connectivity index (χ1v) is 4.37. The average Bonchev–Trinajstić information content (AvgIpc) is 1.78. The van der Waals surface area contributed by atoms with Crippen LogP contribution in [0.25, 0.3) is 0 Å². The van der Waals surface area contributed by atoms with Crippen LogP contribution in [-0.4, -0.2) is 24.6 Å². The van der Waals surface area contributed by atoms with Crippen LogP contribution < -0.4 is 5.32 Å². The maximum atomic E-state index is 11.7. The van der Waals surface area contributed by atoms with Crippen LogP contribution in [0, 0.1) is 0 Å². The largest absolute Gasteiger partial charge is 0.522 e. The minimum atomic E-state index is -4.48. The van der Waals surface area contributed by atoms with Gasteiger partial charge in [0, 0.05) is 12.1 Å². The summed E-state index contributed by atoms with van der Waals surface area (Å²) in [5.74, 6) is 0. The number of hydrogen-bond acceptors (Lipinski definition) is 2. The molecule has 1 aliphatic rings. The van der Waals surface area contributed by atoms with Crippen LogP contribution in [0.1, 0.15) is 26.7 Å². The van der Waals surface area contributed by atoms with E-state index in [4.69, 9.17) is 0 Å². The van der Waals surface area contributed by atoms with Gasteiger partial charge in [-0.3, -0.25) is 4.74 Å². The van der Waals surface area contributed by atoms with Crippen LogP contribution in [0.5, 0.6) is 0 Å². The molecule has 0 aromatic carbocycles.